The summed E-state index contributed by atoms with van der Waals surface area (Å²) in [5.74, 6) is -2.11. The fourth-order valence-electron chi connectivity index (χ4n) is 1.18. The Morgan fingerprint density at radius 3 is 2.57 bits per heavy atom. The molecule has 0 aliphatic carbocycles. The van der Waals surface area contributed by atoms with E-state index in [9.17, 15) is 15.0 Å². The van der Waals surface area contributed by atoms with Crippen molar-refractivity contribution in [3.8, 4) is 0 Å². The van der Waals surface area contributed by atoms with E-state index in [1.54, 1.807) is 6.92 Å². The minimum Gasteiger partial charge on any atom is -0.512 e. The number of carbonyl (C=O) groups excluding carboxylic acids is 1. The molecule has 2 N–H and O–H groups in total. The first-order valence-corrected chi connectivity index (χ1v) is 4.38. The Balaban J connectivity index is 2.98. The number of aliphatic hydroxyl groups excluding tert-OH is 2. The van der Waals surface area contributed by atoms with Crippen molar-refractivity contribution in [2.45, 2.75) is 39.3 Å². The lowest BCUT2D eigenvalue weighted by molar-refractivity contribution is -0.280. The Morgan fingerprint density at radius 1 is 1.57 bits per heavy atom. The fraction of sp³-hybridized carbons (Fsp3) is 0.667. The molecule has 1 rings (SSSR count). The fourth-order valence-corrected chi connectivity index (χ4v) is 1.18. The van der Waals surface area contributed by atoms with Crippen molar-refractivity contribution in [2.75, 3.05) is 0 Å². The molecule has 0 aromatic carbocycles. The lowest BCUT2D eigenvalue weighted by Gasteiger charge is -2.34. The Bertz CT molecular complexity index is 279. The number of hydrogen-bond acceptors (Lipinski definition) is 5. The zero-order chi connectivity index (χ0) is 10.9. The molecule has 1 aliphatic rings. The minimum absolute atomic E-state index is 0.210. The van der Waals surface area contributed by atoms with Crippen LogP contribution in [0.1, 0.15) is 27.2 Å². The second kappa shape index (κ2) is 3.59. The third kappa shape index (κ3) is 2.05. The maximum absolute atomic E-state index is 11.3. The van der Waals surface area contributed by atoms with Crippen LogP contribution in [-0.2, 0) is 14.3 Å². The van der Waals surface area contributed by atoms with Crippen LogP contribution in [0.2, 0.25) is 0 Å². The number of aliphatic hydroxyl groups is 2. The van der Waals surface area contributed by atoms with Crippen LogP contribution in [-0.4, -0.2) is 28.3 Å². The van der Waals surface area contributed by atoms with Crippen LogP contribution in [0.5, 0.6) is 0 Å². The molecule has 1 heterocycles. The minimum atomic E-state index is -1.42. The van der Waals surface area contributed by atoms with E-state index in [-0.39, 0.29) is 17.8 Å². The van der Waals surface area contributed by atoms with Crippen LogP contribution in [0.4, 0.5) is 0 Å². The van der Waals surface area contributed by atoms with Gasteiger partial charge in [-0.2, -0.15) is 0 Å². The van der Waals surface area contributed by atoms with Crippen molar-refractivity contribution in [1.82, 2.24) is 0 Å². The van der Waals surface area contributed by atoms with Gasteiger partial charge in [-0.25, -0.2) is 4.79 Å². The van der Waals surface area contributed by atoms with E-state index in [1.807, 2.05) is 0 Å². The van der Waals surface area contributed by atoms with Gasteiger partial charge in [-0.15, -0.1) is 0 Å². The molecule has 0 amide bonds. The van der Waals surface area contributed by atoms with Gasteiger partial charge < -0.3 is 19.7 Å². The molecule has 5 nitrogen and oxygen atoms in total. The topological polar surface area (TPSA) is 76.0 Å². The molecule has 1 fully saturated rings. The number of ether oxygens (including phenoxy) is 2. The molecule has 0 spiro atoms. The molecule has 1 unspecified atom stereocenters. The average Bonchev–Trinajstić information content (AvgIpc) is 1.99. The first kappa shape index (κ1) is 11.0. The summed E-state index contributed by atoms with van der Waals surface area (Å²) < 4.78 is 9.81. The summed E-state index contributed by atoms with van der Waals surface area (Å²) in [6.07, 6.45) is -1.18. The van der Waals surface area contributed by atoms with Crippen LogP contribution in [0.15, 0.2) is 11.3 Å². The average molecular weight is 202 g/mol. The number of carbonyl (C=O) groups is 1. The van der Waals surface area contributed by atoms with Gasteiger partial charge in [0.25, 0.3) is 0 Å². The highest BCUT2D eigenvalue weighted by Crippen LogP contribution is 2.27. The summed E-state index contributed by atoms with van der Waals surface area (Å²) in [6.45, 7) is 4.67. The monoisotopic (exact) mass is 202 g/mol. The highest BCUT2D eigenvalue weighted by atomic mass is 16.8. The van der Waals surface area contributed by atoms with E-state index in [0.29, 0.717) is 0 Å². The predicted octanol–water partition coefficient (Wildman–Crippen LogP) is 0.836. The largest absolute Gasteiger partial charge is 0.512 e. The predicted molar refractivity (Wildman–Crippen MR) is 47.2 cm³/mol. The van der Waals surface area contributed by atoms with E-state index in [2.05, 4.69) is 0 Å². The van der Waals surface area contributed by atoms with Crippen LogP contribution in [0.3, 0.4) is 0 Å². The number of esters is 1. The van der Waals surface area contributed by atoms with Crippen molar-refractivity contribution in [3.05, 3.63) is 11.3 Å². The first-order chi connectivity index (χ1) is 6.37. The van der Waals surface area contributed by atoms with Gasteiger partial charge in [-0.1, -0.05) is 6.92 Å². The highest BCUT2D eigenvalue weighted by Gasteiger charge is 2.40. The maximum atomic E-state index is 11.3. The van der Waals surface area contributed by atoms with E-state index < -0.39 is 18.0 Å². The quantitative estimate of drug-likeness (QED) is 0.374. The van der Waals surface area contributed by atoms with Crippen LogP contribution >= 0.6 is 0 Å². The second-order valence-corrected chi connectivity index (χ2v) is 3.47. The molecule has 5 heteroatoms. The molecule has 0 saturated carbocycles. The molecule has 0 radical (unpaired) electrons. The van der Waals surface area contributed by atoms with Crippen molar-refractivity contribution in [2.24, 2.45) is 0 Å². The number of rotatable bonds is 1. The van der Waals surface area contributed by atoms with Gasteiger partial charge in [0.05, 0.1) is 0 Å². The number of cyclic esters (lactones) is 1. The van der Waals surface area contributed by atoms with Crippen LogP contribution in [0, 0.1) is 0 Å². The van der Waals surface area contributed by atoms with Crippen molar-refractivity contribution in [1.29, 1.82) is 0 Å². The molecular weight excluding hydrogens is 188 g/mol. The van der Waals surface area contributed by atoms with Gasteiger partial charge >= 0.3 is 5.97 Å². The normalized spacial score (nSPS) is 29.7. The molecular formula is C9H14O5. The van der Waals surface area contributed by atoms with Gasteiger partial charge in [0, 0.05) is 20.3 Å². The number of allylic oxidation sites excluding steroid dienone is 1. The molecule has 0 aromatic rings. The van der Waals surface area contributed by atoms with E-state index in [4.69, 9.17) is 9.47 Å². The summed E-state index contributed by atoms with van der Waals surface area (Å²) in [5.41, 5.74) is -0.216. The van der Waals surface area contributed by atoms with E-state index >= 15 is 0 Å². The van der Waals surface area contributed by atoms with E-state index in [0.717, 1.165) is 0 Å². The van der Waals surface area contributed by atoms with Gasteiger partial charge in [-0.3, -0.25) is 0 Å². The maximum Gasteiger partial charge on any atom is 0.345 e. The Labute approximate surface area is 81.9 Å². The summed E-state index contributed by atoms with van der Waals surface area (Å²) in [6, 6.07) is 0. The molecule has 80 valence electrons. The molecule has 0 bridgehead atoms. The van der Waals surface area contributed by atoms with Gasteiger partial charge in [0.1, 0.15) is 11.3 Å². The molecule has 14 heavy (non-hydrogen) atoms. The standard InChI is InChI=1S/C9H14O5/c1-4-5(10)6-7(11)13-9(2,3)14-8(6)12/h7,10-11H,4H2,1-3H3/b6-5+. The molecule has 0 aromatic heterocycles. The van der Waals surface area contributed by atoms with Gasteiger partial charge in [0.15, 0.2) is 6.29 Å². The van der Waals surface area contributed by atoms with Gasteiger partial charge in [-0.05, 0) is 0 Å². The van der Waals surface area contributed by atoms with Crippen LogP contribution in [0.25, 0.3) is 0 Å². The van der Waals surface area contributed by atoms with Crippen molar-refractivity contribution in [3.63, 3.8) is 0 Å². The SMILES string of the molecule is CC/C(O)=C1\C(=O)OC(C)(C)OC1O. The van der Waals surface area contributed by atoms with Crippen molar-refractivity contribution >= 4 is 5.97 Å². The van der Waals surface area contributed by atoms with Crippen LogP contribution < -0.4 is 0 Å². The number of hydrogen-bond donors (Lipinski definition) is 2. The Kier molecular flexibility index (Phi) is 2.82. The molecule has 1 saturated heterocycles. The second-order valence-electron chi connectivity index (χ2n) is 3.47. The third-order valence-electron chi connectivity index (χ3n) is 1.85. The zero-order valence-electron chi connectivity index (χ0n) is 8.40. The highest BCUT2D eigenvalue weighted by molar-refractivity contribution is 5.90. The lowest BCUT2D eigenvalue weighted by Crippen LogP contribution is -2.44. The summed E-state index contributed by atoms with van der Waals surface area (Å²) in [7, 11) is 0. The van der Waals surface area contributed by atoms with Gasteiger partial charge in [0.2, 0.25) is 5.79 Å². The van der Waals surface area contributed by atoms with Crippen molar-refractivity contribution < 1.29 is 24.5 Å². The zero-order valence-corrected chi connectivity index (χ0v) is 8.40. The molecule has 1 aliphatic heterocycles. The summed E-state index contributed by atoms with van der Waals surface area (Å²) in [4.78, 5) is 11.3. The smallest absolute Gasteiger partial charge is 0.345 e. The summed E-state index contributed by atoms with van der Waals surface area (Å²) in [5, 5.41) is 18.8. The third-order valence-corrected chi connectivity index (χ3v) is 1.85. The Hall–Kier alpha value is -1.07. The molecule has 1 atom stereocenters. The van der Waals surface area contributed by atoms with E-state index in [1.165, 1.54) is 13.8 Å². The lowest BCUT2D eigenvalue weighted by atomic mass is 10.1. The Morgan fingerprint density at radius 2 is 2.14 bits per heavy atom. The summed E-state index contributed by atoms with van der Waals surface area (Å²) >= 11 is 0. The first-order valence-electron chi connectivity index (χ1n) is 4.38.